The van der Waals surface area contributed by atoms with Gasteiger partial charge in [0.25, 0.3) is 15.9 Å². The van der Waals surface area contributed by atoms with E-state index in [2.05, 4.69) is 21.2 Å². The molecule has 4 aromatic rings. The van der Waals surface area contributed by atoms with Crippen molar-refractivity contribution in [1.29, 1.82) is 0 Å². The Kier molecular flexibility index (Phi) is 6.77. The van der Waals surface area contributed by atoms with Crippen molar-refractivity contribution in [2.45, 2.75) is 11.3 Å². The van der Waals surface area contributed by atoms with Gasteiger partial charge in [-0.05, 0) is 54.4 Å². The molecule has 10 heteroatoms. The lowest BCUT2D eigenvalue weighted by Crippen LogP contribution is -2.48. The number of aromatic nitrogens is 1. The van der Waals surface area contributed by atoms with E-state index in [4.69, 9.17) is 4.98 Å². The molecule has 3 aromatic carbocycles. The maximum atomic E-state index is 13.2. The maximum absolute atomic E-state index is 13.2. The maximum Gasteiger partial charge on any atom is 0.264 e. The Bertz CT molecular complexity index is 1530. The van der Waals surface area contributed by atoms with Gasteiger partial charge in [-0.3, -0.25) is 14.0 Å². The van der Waals surface area contributed by atoms with Crippen LogP contribution < -0.4 is 14.5 Å². The summed E-state index contributed by atoms with van der Waals surface area (Å²) < 4.78 is 29.1. The fraction of sp³-hybridized carbons (Fsp3) is 0.286. The molecule has 38 heavy (non-hydrogen) atoms. The second-order valence-electron chi connectivity index (χ2n) is 9.53. The Hall–Kier alpha value is -3.47. The molecular formula is C28H29N5O3S2. The number of carbonyl (C=O) groups is 1. The molecule has 0 radical (unpaired) electrons. The summed E-state index contributed by atoms with van der Waals surface area (Å²) in [6, 6.07) is 22.0. The van der Waals surface area contributed by atoms with Crippen molar-refractivity contribution in [2.75, 3.05) is 55.0 Å². The molecule has 196 valence electrons. The molecular weight excluding hydrogens is 518 g/mol. The molecule has 8 nitrogen and oxygen atoms in total. The van der Waals surface area contributed by atoms with Crippen LogP contribution in [0, 0.1) is 0 Å². The highest BCUT2D eigenvalue weighted by Crippen LogP contribution is 2.33. The first-order valence-corrected chi connectivity index (χ1v) is 15.1. The summed E-state index contributed by atoms with van der Waals surface area (Å²) in [4.78, 5) is 22.3. The van der Waals surface area contributed by atoms with Crippen LogP contribution in [0.15, 0.2) is 77.7 Å². The van der Waals surface area contributed by atoms with Gasteiger partial charge in [-0.1, -0.05) is 41.7 Å². The van der Waals surface area contributed by atoms with E-state index < -0.39 is 10.0 Å². The molecule has 1 saturated heterocycles. The molecule has 0 bridgehead atoms. The summed E-state index contributed by atoms with van der Waals surface area (Å²) in [5.41, 5.74) is 3.26. The van der Waals surface area contributed by atoms with Gasteiger partial charge >= 0.3 is 0 Å². The quantitative estimate of drug-likeness (QED) is 0.381. The number of nitrogens with zero attached hydrogens (tertiary/aromatic N) is 4. The van der Waals surface area contributed by atoms with Crippen LogP contribution >= 0.6 is 11.3 Å². The highest BCUT2D eigenvalue weighted by molar-refractivity contribution is 7.92. The van der Waals surface area contributed by atoms with Crippen molar-refractivity contribution in [2.24, 2.45) is 0 Å². The number of para-hydroxylation sites is 2. The first-order chi connectivity index (χ1) is 18.5. The fourth-order valence-corrected chi connectivity index (χ4v) is 7.57. The van der Waals surface area contributed by atoms with Gasteiger partial charge in [0.05, 0.1) is 20.8 Å². The molecule has 6 rings (SSSR count). The fourth-order valence-electron chi connectivity index (χ4n) is 5.05. The van der Waals surface area contributed by atoms with Crippen LogP contribution in [0.5, 0.6) is 0 Å². The standard InChI is InChI=1S/C28H29N5O3S2/c34-27(22-9-11-23(12-10-22)38(35,36)33-15-13-21-5-1-3-7-25(21)33)29-14-16-31-17-19-32(20-18-31)28-30-24-6-2-4-8-26(24)37-28/h1-12H,13-20H2,(H,29,34). The minimum Gasteiger partial charge on any atom is -0.351 e. The Morgan fingerprint density at radius 3 is 2.42 bits per heavy atom. The van der Waals surface area contributed by atoms with Crippen LogP contribution in [0.25, 0.3) is 10.2 Å². The number of nitrogens with one attached hydrogen (secondary N) is 1. The third-order valence-electron chi connectivity index (χ3n) is 7.19. The molecule has 0 aliphatic carbocycles. The number of anilines is 2. The van der Waals surface area contributed by atoms with Gasteiger partial charge < -0.3 is 10.2 Å². The van der Waals surface area contributed by atoms with Crippen molar-refractivity contribution >= 4 is 48.3 Å². The monoisotopic (exact) mass is 547 g/mol. The average Bonchev–Trinajstić information content (AvgIpc) is 3.58. The SMILES string of the molecule is O=C(NCCN1CCN(c2nc3ccccc3s2)CC1)c1ccc(S(=O)(=O)N2CCc3ccccc32)cc1. The smallest absolute Gasteiger partial charge is 0.264 e. The molecule has 0 atom stereocenters. The predicted molar refractivity (Wildman–Crippen MR) is 152 cm³/mol. The number of sulfonamides is 1. The second-order valence-corrected chi connectivity index (χ2v) is 12.4. The van der Waals surface area contributed by atoms with E-state index in [9.17, 15) is 13.2 Å². The summed E-state index contributed by atoms with van der Waals surface area (Å²) in [5.74, 6) is -0.200. The number of fused-ring (bicyclic) bond motifs is 2. The number of thiazole rings is 1. The van der Waals surface area contributed by atoms with Crippen LogP contribution in [0.1, 0.15) is 15.9 Å². The van der Waals surface area contributed by atoms with Crippen LogP contribution in [0.4, 0.5) is 10.8 Å². The zero-order valence-corrected chi connectivity index (χ0v) is 22.5. The first kappa shape index (κ1) is 24.8. The Balaban J connectivity index is 0.993. The van der Waals surface area contributed by atoms with Gasteiger partial charge in [0.2, 0.25) is 0 Å². The Morgan fingerprint density at radius 2 is 1.63 bits per heavy atom. The normalized spacial score (nSPS) is 16.1. The molecule has 3 heterocycles. The van der Waals surface area contributed by atoms with E-state index >= 15 is 0 Å². The summed E-state index contributed by atoms with van der Waals surface area (Å²) in [7, 11) is -3.67. The van der Waals surface area contributed by atoms with E-state index in [0.29, 0.717) is 25.1 Å². The topological polar surface area (TPSA) is 85.9 Å². The number of carbonyl (C=O) groups excluding carboxylic acids is 1. The summed E-state index contributed by atoms with van der Waals surface area (Å²) in [5, 5.41) is 4.04. The molecule has 1 aromatic heterocycles. The number of hydrogen-bond acceptors (Lipinski definition) is 7. The van der Waals surface area contributed by atoms with Crippen LogP contribution in [-0.2, 0) is 16.4 Å². The third kappa shape index (κ3) is 4.87. The van der Waals surface area contributed by atoms with Crippen molar-refractivity contribution < 1.29 is 13.2 Å². The minimum atomic E-state index is -3.67. The number of hydrogen-bond donors (Lipinski definition) is 1. The first-order valence-electron chi connectivity index (χ1n) is 12.8. The number of piperazine rings is 1. The van der Waals surface area contributed by atoms with E-state index in [-0.39, 0.29) is 10.8 Å². The highest BCUT2D eigenvalue weighted by atomic mass is 32.2. The second kappa shape index (κ2) is 10.4. The van der Waals surface area contributed by atoms with Crippen molar-refractivity contribution in [1.82, 2.24) is 15.2 Å². The van der Waals surface area contributed by atoms with Gasteiger partial charge in [-0.15, -0.1) is 0 Å². The van der Waals surface area contributed by atoms with Gasteiger partial charge in [0.15, 0.2) is 5.13 Å². The zero-order valence-electron chi connectivity index (χ0n) is 20.9. The molecule has 0 spiro atoms. The van der Waals surface area contributed by atoms with Crippen molar-refractivity contribution in [3.05, 3.63) is 83.9 Å². The minimum absolute atomic E-state index is 0.191. The third-order valence-corrected chi connectivity index (χ3v) is 10.1. The molecule has 1 amide bonds. The van der Waals surface area contributed by atoms with E-state index in [1.165, 1.54) is 21.1 Å². The lowest BCUT2D eigenvalue weighted by molar-refractivity contribution is 0.0947. The van der Waals surface area contributed by atoms with Crippen molar-refractivity contribution in [3.8, 4) is 0 Å². The summed E-state index contributed by atoms with van der Waals surface area (Å²) >= 11 is 1.73. The van der Waals surface area contributed by atoms with Gasteiger partial charge in [-0.25, -0.2) is 13.4 Å². The molecule has 1 fully saturated rings. The average molecular weight is 548 g/mol. The zero-order chi connectivity index (χ0) is 26.1. The van der Waals surface area contributed by atoms with Crippen LogP contribution in [0.3, 0.4) is 0 Å². The lowest BCUT2D eigenvalue weighted by Gasteiger charge is -2.34. The number of benzene rings is 3. The number of rotatable bonds is 7. The summed E-state index contributed by atoms with van der Waals surface area (Å²) in [6.45, 7) is 5.37. The largest absolute Gasteiger partial charge is 0.351 e. The summed E-state index contributed by atoms with van der Waals surface area (Å²) in [6.07, 6.45) is 0.701. The van der Waals surface area contributed by atoms with E-state index in [1.54, 1.807) is 23.5 Å². The molecule has 2 aliphatic rings. The van der Waals surface area contributed by atoms with E-state index in [1.807, 2.05) is 42.5 Å². The molecule has 0 unspecified atom stereocenters. The Labute approximate surface area is 226 Å². The molecule has 1 N–H and O–H groups in total. The van der Waals surface area contributed by atoms with Gasteiger partial charge in [-0.2, -0.15) is 0 Å². The van der Waals surface area contributed by atoms with Crippen molar-refractivity contribution in [3.63, 3.8) is 0 Å². The van der Waals surface area contributed by atoms with Gasteiger partial charge in [0.1, 0.15) is 0 Å². The Morgan fingerprint density at radius 1 is 0.895 bits per heavy atom. The predicted octanol–water partition coefficient (Wildman–Crippen LogP) is 3.60. The van der Waals surface area contributed by atoms with Gasteiger partial charge in [0, 0.05) is 51.4 Å². The van der Waals surface area contributed by atoms with E-state index in [0.717, 1.165) is 54.6 Å². The highest BCUT2D eigenvalue weighted by Gasteiger charge is 2.30. The van der Waals surface area contributed by atoms with Crippen LogP contribution in [-0.4, -0.2) is 70.0 Å². The van der Waals surface area contributed by atoms with Crippen LogP contribution in [0.2, 0.25) is 0 Å². The lowest BCUT2D eigenvalue weighted by atomic mass is 10.2. The number of amides is 1. The molecule has 0 saturated carbocycles. The molecule has 2 aliphatic heterocycles.